The SMILES string of the molecule is CN(C)C(=O)CO[C@@H]1CCN(C(=O)C2CC(F)C2)C[C@H]1Cc1ccccc1. The average molecular weight is 376 g/mol. The molecule has 0 bridgehead atoms. The summed E-state index contributed by atoms with van der Waals surface area (Å²) in [6, 6.07) is 10.1. The second kappa shape index (κ2) is 8.83. The zero-order valence-electron chi connectivity index (χ0n) is 16.1. The van der Waals surface area contributed by atoms with E-state index in [0.717, 1.165) is 6.42 Å². The quantitative estimate of drug-likeness (QED) is 0.766. The first-order valence-electron chi connectivity index (χ1n) is 9.72. The highest BCUT2D eigenvalue weighted by atomic mass is 19.1. The minimum atomic E-state index is -0.822. The van der Waals surface area contributed by atoms with Gasteiger partial charge in [0.1, 0.15) is 12.8 Å². The van der Waals surface area contributed by atoms with E-state index < -0.39 is 6.17 Å². The molecule has 1 aromatic rings. The van der Waals surface area contributed by atoms with E-state index in [9.17, 15) is 14.0 Å². The second-order valence-electron chi connectivity index (χ2n) is 7.93. The minimum absolute atomic E-state index is 0.0586. The number of amides is 2. The van der Waals surface area contributed by atoms with Gasteiger partial charge in [-0.2, -0.15) is 0 Å². The van der Waals surface area contributed by atoms with Crippen molar-refractivity contribution in [3.8, 4) is 0 Å². The van der Waals surface area contributed by atoms with Gasteiger partial charge in [-0.05, 0) is 31.2 Å². The van der Waals surface area contributed by atoms with Crippen LogP contribution in [0.4, 0.5) is 4.39 Å². The van der Waals surface area contributed by atoms with Crippen LogP contribution < -0.4 is 0 Å². The van der Waals surface area contributed by atoms with Gasteiger partial charge in [0, 0.05) is 39.0 Å². The van der Waals surface area contributed by atoms with E-state index in [4.69, 9.17) is 4.74 Å². The van der Waals surface area contributed by atoms with E-state index in [2.05, 4.69) is 12.1 Å². The van der Waals surface area contributed by atoms with Crippen molar-refractivity contribution in [2.75, 3.05) is 33.8 Å². The number of hydrogen-bond acceptors (Lipinski definition) is 3. The number of carbonyl (C=O) groups excluding carboxylic acids is 2. The van der Waals surface area contributed by atoms with Crippen LogP contribution in [0.2, 0.25) is 0 Å². The lowest BCUT2D eigenvalue weighted by Gasteiger charge is -2.41. The maximum absolute atomic E-state index is 13.1. The Bertz CT molecular complexity index is 646. The summed E-state index contributed by atoms with van der Waals surface area (Å²) in [6.45, 7) is 1.27. The Labute approximate surface area is 160 Å². The Kier molecular flexibility index (Phi) is 6.47. The van der Waals surface area contributed by atoms with Crippen LogP contribution in [0.3, 0.4) is 0 Å². The van der Waals surface area contributed by atoms with Gasteiger partial charge in [-0.1, -0.05) is 30.3 Å². The van der Waals surface area contributed by atoms with Crippen molar-refractivity contribution >= 4 is 11.8 Å². The molecule has 5 nitrogen and oxygen atoms in total. The van der Waals surface area contributed by atoms with Crippen molar-refractivity contribution in [1.29, 1.82) is 0 Å². The number of piperidine rings is 1. The third-order valence-electron chi connectivity index (χ3n) is 5.67. The molecule has 27 heavy (non-hydrogen) atoms. The Morgan fingerprint density at radius 1 is 1.22 bits per heavy atom. The van der Waals surface area contributed by atoms with Crippen LogP contribution >= 0.6 is 0 Å². The van der Waals surface area contributed by atoms with E-state index in [0.29, 0.717) is 32.4 Å². The monoisotopic (exact) mass is 376 g/mol. The molecule has 2 amide bonds. The molecule has 0 radical (unpaired) electrons. The van der Waals surface area contributed by atoms with E-state index in [1.807, 2.05) is 23.1 Å². The van der Waals surface area contributed by atoms with Crippen molar-refractivity contribution < 1.29 is 18.7 Å². The number of benzene rings is 1. The molecule has 1 heterocycles. The second-order valence-corrected chi connectivity index (χ2v) is 7.93. The Morgan fingerprint density at radius 2 is 1.93 bits per heavy atom. The zero-order valence-corrected chi connectivity index (χ0v) is 16.1. The van der Waals surface area contributed by atoms with Crippen molar-refractivity contribution in [1.82, 2.24) is 9.80 Å². The van der Waals surface area contributed by atoms with Gasteiger partial charge in [0.25, 0.3) is 0 Å². The number of hydrogen-bond donors (Lipinski definition) is 0. The third kappa shape index (κ3) is 5.06. The predicted octanol–water partition coefficient (Wildman–Crippen LogP) is 2.30. The molecule has 1 aliphatic carbocycles. The predicted molar refractivity (Wildman–Crippen MR) is 101 cm³/mol. The van der Waals surface area contributed by atoms with E-state index in [1.54, 1.807) is 14.1 Å². The molecule has 148 valence electrons. The van der Waals surface area contributed by atoms with Crippen LogP contribution in [0.25, 0.3) is 0 Å². The highest BCUT2D eigenvalue weighted by Crippen LogP contribution is 2.33. The topological polar surface area (TPSA) is 49.9 Å². The highest BCUT2D eigenvalue weighted by Gasteiger charge is 2.40. The third-order valence-corrected chi connectivity index (χ3v) is 5.67. The van der Waals surface area contributed by atoms with Crippen molar-refractivity contribution in [2.45, 2.75) is 38.0 Å². The largest absolute Gasteiger partial charge is 0.368 e. The van der Waals surface area contributed by atoms with Gasteiger partial charge in [-0.15, -0.1) is 0 Å². The first-order valence-corrected chi connectivity index (χ1v) is 9.72. The smallest absolute Gasteiger partial charge is 0.248 e. The van der Waals surface area contributed by atoms with Crippen LogP contribution in [0.1, 0.15) is 24.8 Å². The Balaban J connectivity index is 1.64. The Morgan fingerprint density at radius 3 is 2.56 bits per heavy atom. The molecule has 3 rings (SSSR count). The average Bonchev–Trinajstić information content (AvgIpc) is 2.64. The number of alkyl halides is 1. The van der Waals surface area contributed by atoms with Crippen molar-refractivity contribution in [3.05, 3.63) is 35.9 Å². The number of carbonyl (C=O) groups is 2. The molecule has 1 aliphatic heterocycles. The molecule has 2 aliphatic rings. The summed E-state index contributed by atoms with van der Waals surface area (Å²) >= 11 is 0. The molecule has 0 N–H and O–H groups in total. The maximum Gasteiger partial charge on any atom is 0.248 e. The molecular formula is C21H29FN2O3. The lowest BCUT2D eigenvalue weighted by molar-refractivity contribution is -0.148. The lowest BCUT2D eigenvalue weighted by Crippen LogP contribution is -2.51. The zero-order chi connectivity index (χ0) is 19.4. The van der Waals surface area contributed by atoms with Gasteiger partial charge in [-0.3, -0.25) is 9.59 Å². The van der Waals surface area contributed by atoms with Gasteiger partial charge >= 0.3 is 0 Å². The number of likely N-dealkylation sites (tertiary alicyclic amines) is 1. The van der Waals surface area contributed by atoms with Gasteiger partial charge < -0.3 is 14.5 Å². The van der Waals surface area contributed by atoms with E-state index in [-0.39, 0.29) is 36.4 Å². The van der Waals surface area contributed by atoms with Gasteiger partial charge in [-0.25, -0.2) is 4.39 Å². The number of ether oxygens (including phenoxy) is 1. The van der Waals surface area contributed by atoms with Crippen molar-refractivity contribution in [3.63, 3.8) is 0 Å². The van der Waals surface area contributed by atoms with E-state index in [1.165, 1.54) is 10.5 Å². The number of nitrogens with zero attached hydrogens (tertiary/aromatic N) is 2. The molecule has 0 spiro atoms. The maximum atomic E-state index is 13.1. The lowest BCUT2D eigenvalue weighted by atomic mass is 9.81. The molecular weight excluding hydrogens is 347 g/mol. The fourth-order valence-corrected chi connectivity index (χ4v) is 3.86. The van der Waals surface area contributed by atoms with E-state index >= 15 is 0 Å². The van der Waals surface area contributed by atoms with Crippen LogP contribution in [-0.4, -0.2) is 67.7 Å². The summed E-state index contributed by atoms with van der Waals surface area (Å²) in [7, 11) is 3.43. The fraction of sp³-hybridized carbons (Fsp3) is 0.619. The fourth-order valence-electron chi connectivity index (χ4n) is 3.86. The molecule has 1 aromatic carbocycles. The molecule has 2 fully saturated rings. The number of rotatable bonds is 6. The first-order chi connectivity index (χ1) is 12.9. The first kappa shape index (κ1) is 19.8. The number of halogens is 1. The van der Waals surface area contributed by atoms with Crippen LogP contribution in [-0.2, 0) is 20.7 Å². The van der Waals surface area contributed by atoms with Crippen LogP contribution in [0.5, 0.6) is 0 Å². The van der Waals surface area contributed by atoms with Gasteiger partial charge in [0.05, 0.1) is 6.10 Å². The molecule has 6 heteroatoms. The minimum Gasteiger partial charge on any atom is -0.368 e. The standard InChI is InChI=1S/C21H29FN2O3/c1-23(2)20(25)14-27-19-8-9-24(21(26)16-11-18(22)12-16)13-17(19)10-15-6-4-3-5-7-15/h3-7,16-19H,8-14H2,1-2H3/t16?,17-,18?,19-/m1/s1. The van der Waals surface area contributed by atoms with Crippen LogP contribution in [0.15, 0.2) is 30.3 Å². The molecule has 0 unspecified atom stereocenters. The molecule has 0 aromatic heterocycles. The van der Waals surface area contributed by atoms with Gasteiger partial charge in [0.15, 0.2) is 0 Å². The number of likely N-dealkylation sites (N-methyl/N-ethyl adjacent to an activating group) is 1. The summed E-state index contributed by atoms with van der Waals surface area (Å²) in [5.41, 5.74) is 1.19. The summed E-state index contributed by atoms with van der Waals surface area (Å²) in [6.07, 6.45) is 1.33. The van der Waals surface area contributed by atoms with Gasteiger partial charge in [0.2, 0.25) is 11.8 Å². The summed E-state index contributed by atoms with van der Waals surface area (Å²) < 4.78 is 19.1. The summed E-state index contributed by atoms with van der Waals surface area (Å²) in [5, 5.41) is 0. The summed E-state index contributed by atoms with van der Waals surface area (Å²) in [4.78, 5) is 27.9. The van der Waals surface area contributed by atoms with Crippen LogP contribution in [0, 0.1) is 11.8 Å². The summed E-state index contributed by atoms with van der Waals surface area (Å²) in [5.74, 6) is -0.0216. The molecule has 1 saturated carbocycles. The Hall–Kier alpha value is -1.95. The molecule has 1 saturated heterocycles. The van der Waals surface area contributed by atoms with Crippen molar-refractivity contribution in [2.24, 2.45) is 11.8 Å². The normalized spacial score (nSPS) is 27.7. The highest BCUT2D eigenvalue weighted by molar-refractivity contribution is 5.80. The molecule has 2 atom stereocenters.